The maximum Gasteiger partial charge on any atom is 0.229 e. The van der Waals surface area contributed by atoms with Crippen LogP contribution in [0.1, 0.15) is 17.5 Å². The highest BCUT2D eigenvalue weighted by atomic mass is 19.1. The molecule has 1 aliphatic rings. The van der Waals surface area contributed by atoms with Gasteiger partial charge in [-0.05, 0) is 59.8 Å². The zero-order valence-electron chi connectivity index (χ0n) is 18.1. The second-order valence-electron chi connectivity index (χ2n) is 8.69. The normalized spacial score (nSPS) is 18.8. The molecule has 1 fully saturated rings. The summed E-state index contributed by atoms with van der Waals surface area (Å²) in [7, 11) is 3.65. The summed E-state index contributed by atoms with van der Waals surface area (Å²) in [4.78, 5) is 21.4. The molecule has 3 aromatic rings. The number of likely N-dealkylation sites (tertiary alicyclic amines) is 1. The monoisotopic (exact) mass is 417 g/mol. The van der Waals surface area contributed by atoms with Gasteiger partial charge in [0.15, 0.2) is 0 Å². The molecule has 1 amide bonds. The molecule has 5 heteroatoms. The van der Waals surface area contributed by atoms with Crippen molar-refractivity contribution in [3.05, 3.63) is 90.0 Å². The van der Waals surface area contributed by atoms with Gasteiger partial charge >= 0.3 is 0 Å². The molecule has 0 spiro atoms. The number of halogens is 1. The van der Waals surface area contributed by atoms with Gasteiger partial charge in [0, 0.05) is 39.6 Å². The number of carbonyl (C=O) groups is 1. The van der Waals surface area contributed by atoms with E-state index in [1.165, 1.54) is 6.07 Å². The SMILES string of the molecule is CN(C)C(=O)[C@@]1(Cc2ccc(-c3cccnc3)cc2)CCN(Cc2cccc(F)c2)C1. The van der Waals surface area contributed by atoms with E-state index in [0.29, 0.717) is 19.5 Å². The number of rotatable bonds is 6. The van der Waals surface area contributed by atoms with Crippen LogP contribution in [-0.2, 0) is 17.8 Å². The van der Waals surface area contributed by atoms with E-state index in [-0.39, 0.29) is 11.7 Å². The van der Waals surface area contributed by atoms with Crippen LogP contribution in [-0.4, -0.2) is 47.9 Å². The summed E-state index contributed by atoms with van der Waals surface area (Å²) in [5.74, 6) is -0.0633. The molecule has 2 aromatic carbocycles. The van der Waals surface area contributed by atoms with E-state index < -0.39 is 5.41 Å². The van der Waals surface area contributed by atoms with E-state index in [4.69, 9.17) is 0 Å². The zero-order chi connectivity index (χ0) is 21.8. The minimum Gasteiger partial charge on any atom is -0.348 e. The quantitative estimate of drug-likeness (QED) is 0.596. The van der Waals surface area contributed by atoms with E-state index in [9.17, 15) is 9.18 Å². The predicted molar refractivity (Wildman–Crippen MR) is 121 cm³/mol. The van der Waals surface area contributed by atoms with Gasteiger partial charge in [-0.2, -0.15) is 0 Å². The first-order valence-corrected chi connectivity index (χ1v) is 10.6. The summed E-state index contributed by atoms with van der Waals surface area (Å²) in [6.45, 7) is 2.15. The van der Waals surface area contributed by atoms with Crippen LogP contribution in [0.4, 0.5) is 4.39 Å². The van der Waals surface area contributed by atoms with Crippen molar-refractivity contribution in [3.8, 4) is 11.1 Å². The molecule has 1 aliphatic heterocycles. The Morgan fingerprint density at radius 3 is 2.55 bits per heavy atom. The Morgan fingerprint density at radius 1 is 1.06 bits per heavy atom. The number of aromatic nitrogens is 1. The number of pyridine rings is 1. The van der Waals surface area contributed by atoms with Crippen LogP contribution < -0.4 is 0 Å². The van der Waals surface area contributed by atoms with E-state index in [1.54, 1.807) is 23.2 Å². The van der Waals surface area contributed by atoms with E-state index in [0.717, 1.165) is 35.2 Å². The fraction of sp³-hybridized carbons (Fsp3) is 0.308. The first kappa shape index (κ1) is 21.2. The zero-order valence-corrected chi connectivity index (χ0v) is 18.1. The third-order valence-electron chi connectivity index (χ3n) is 6.08. The van der Waals surface area contributed by atoms with E-state index in [2.05, 4.69) is 34.1 Å². The molecule has 4 rings (SSSR count). The largest absolute Gasteiger partial charge is 0.348 e. The average Bonchev–Trinajstić information content (AvgIpc) is 3.17. The van der Waals surface area contributed by atoms with Crippen molar-refractivity contribution in [2.75, 3.05) is 27.2 Å². The fourth-order valence-electron chi connectivity index (χ4n) is 4.59. The molecule has 0 aliphatic carbocycles. The molecule has 2 heterocycles. The van der Waals surface area contributed by atoms with Crippen LogP contribution in [0, 0.1) is 11.2 Å². The summed E-state index contributed by atoms with van der Waals surface area (Å²) < 4.78 is 13.6. The Morgan fingerprint density at radius 2 is 1.87 bits per heavy atom. The number of nitrogens with zero attached hydrogens (tertiary/aromatic N) is 3. The van der Waals surface area contributed by atoms with Gasteiger partial charge in [-0.1, -0.05) is 42.5 Å². The highest BCUT2D eigenvalue weighted by Gasteiger charge is 2.45. The molecule has 31 heavy (non-hydrogen) atoms. The summed E-state index contributed by atoms with van der Waals surface area (Å²) in [5.41, 5.74) is 3.82. The third kappa shape index (κ3) is 4.83. The van der Waals surface area contributed by atoms with Gasteiger partial charge in [-0.25, -0.2) is 4.39 Å². The molecule has 0 radical (unpaired) electrons. The smallest absolute Gasteiger partial charge is 0.229 e. The Balaban J connectivity index is 1.52. The van der Waals surface area contributed by atoms with Crippen LogP contribution in [0.3, 0.4) is 0 Å². The van der Waals surface area contributed by atoms with Gasteiger partial charge in [0.1, 0.15) is 5.82 Å². The molecule has 1 saturated heterocycles. The number of amides is 1. The van der Waals surface area contributed by atoms with E-state index >= 15 is 0 Å². The number of carbonyl (C=O) groups excluding carboxylic acids is 1. The molecule has 160 valence electrons. The minimum absolute atomic E-state index is 0.158. The highest BCUT2D eigenvalue weighted by molar-refractivity contribution is 5.83. The summed E-state index contributed by atoms with van der Waals surface area (Å²) >= 11 is 0. The molecule has 0 saturated carbocycles. The maximum absolute atomic E-state index is 13.6. The Bertz CT molecular complexity index is 1040. The molecule has 4 nitrogen and oxygen atoms in total. The molecule has 0 unspecified atom stereocenters. The highest BCUT2D eigenvalue weighted by Crippen LogP contribution is 2.37. The van der Waals surface area contributed by atoms with Crippen LogP contribution in [0.25, 0.3) is 11.1 Å². The van der Waals surface area contributed by atoms with E-state index in [1.807, 2.05) is 38.5 Å². The van der Waals surface area contributed by atoms with Crippen LogP contribution in [0.2, 0.25) is 0 Å². The Hall–Kier alpha value is -3.05. The van der Waals surface area contributed by atoms with Crippen molar-refractivity contribution in [3.63, 3.8) is 0 Å². The lowest BCUT2D eigenvalue weighted by Crippen LogP contribution is -2.43. The second kappa shape index (κ2) is 8.98. The van der Waals surface area contributed by atoms with Gasteiger partial charge in [0.25, 0.3) is 0 Å². The lowest BCUT2D eigenvalue weighted by molar-refractivity contribution is -0.138. The molecular formula is C26H28FN3O. The summed E-state index contributed by atoms with van der Waals surface area (Å²) in [5, 5.41) is 0. The molecule has 1 aromatic heterocycles. The van der Waals surface area contributed by atoms with Crippen LogP contribution in [0.5, 0.6) is 0 Å². The third-order valence-corrected chi connectivity index (χ3v) is 6.08. The maximum atomic E-state index is 13.6. The lowest BCUT2D eigenvalue weighted by Gasteiger charge is -2.31. The second-order valence-corrected chi connectivity index (χ2v) is 8.69. The number of hydrogen-bond acceptors (Lipinski definition) is 3. The average molecular weight is 418 g/mol. The van der Waals surface area contributed by atoms with Gasteiger partial charge in [-0.15, -0.1) is 0 Å². The van der Waals surface area contributed by atoms with Gasteiger partial charge in [0.2, 0.25) is 5.91 Å². The minimum atomic E-state index is -0.466. The Kier molecular flexibility index (Phi) is 6.14. The first-order valence-electron chi connectivity index (χ1n) is 10.6. The van der Waals surface area contributed by atoms with Crippen molar-refractivity contribution in [2.45, 2.75) is 19.4 Å². The number of hydrogen-bond donors (Lipinski definition) is 0. The summed E-state index contributed by atoms with van der Waals surface area (Å²) in [6.07, 6.45) is 5.11. The van der Waals surface area contributed by atoms with Crippen molar-refractivity contribution < 1.29 is 9.18 Å². The molecule has 1 atom stereocenters. The Labute approximate surface area is 183 Å². The van der Waals surface area contributed by atoms with Gasteiger partial charge in [0.05, 0.1) is 5.41 Å². The predicted octanol–water partition coefficient (Wildman–Crippen LogP) is 4.41. The molecule has 0 bridgehead atoms. The number of benzene rings is 2. The molecule has 0 N–H and O–H groups in total. The lowest BCUT2D eigenvalue weighted by atomic mass is 9.79. The van der Waals surface area contributed by atoms with Crippen molar-refractivity contribution >= 4 is 5.91 Å². The van der Waals surface area contributed by atoms with Crippen molar-refractivity contribution in [2.24, 2.45) is 5.41 Å². The van der Waals surface area contributed by atoms with Crippen molar-refractivity contribution in [1.82, 2.24) is 14.8 Å². The topological polar surface area (TPSA) is 36.4 Å². The van der Waals surface area contributed by atoms with Crippen LogP contribution >= 0.6 is 0 Å². The summed E-state index contributed by atoms with van der Waals surface area (Å²) in [6, 6.07) is 19.1. The van der Waals surface area contributed by atoms with Gasteiger partial charge in [-0.3, -0.25) is 14.7 Å². The standard InChI is InChI=1S/C26H28FN3O/c1-29(2)25(31)26(12-14-30(19-26)18-21-5-3-7-24(27)15-21)16-20-8-10-22(11-9-20)23-6-4-13-28-17-23/h3-11,13,15,17H,12,14,16,18-19H2,1-2H3/t26-/m1/s1. The van der Waals surface area contributed by atoms with Crippen LogP contribution in [0.15, 0.2) is 73.1 Å². The fourth-order valence-corrected chi connectivity index (χ4v) is 4.59. The molecular weight excluding hydrogens is 389 g/mol. The van der Waals surface area contributed by atoms with Crippen molar-refractivity contribution in [1.29, 1.82) is 0 Å². The van der Waals surface area contributed by atoms with Gasteiger partial charge < -0.3 is 4.90 Å². The first-order chi connectivity index (χ1) is 14.9.